The largest absolute Gasteiger partial charge is 0.364 e. The van der Waals surface area contributed by atoms with Crippen LogP contribution in [0.3, 0.4) is 0 Å². The van der Waals surface area contributed by atoms with Gasteiger partial charge in [-0.25, -0.2) is 0 Å². The molecule has 74 valence electrons. The molecule has 2 rings (SSSR count). The van der Waals surface area contributed by atoms with Gasteiger partial charge in [-0.2, -0.15) is 0 Å². The molecule has 0 aliphatic heterocycles. The number of carbonyl (C=O) groups is 1. The van der Waals surface area contributed by atoms with Crippen molar-refractivity contribution in [2.45, 2.75) is 25.3 Å². The minimum absolute atomic E-state index is 0.170. The average molecular weight is 192 g/mol. The number of nitrogens with two attached hydrogens (primary N) is 1. The van der Waals surface area contributed by atoms with Crippen molar-refractivity contribution in [3.05, 3.63) is 17.8 Å². The molecule has 3 N–H and O–H groups in total. The quantitative estimate of drug-likeness (QED) is 0.732. The van der Waals surface area contributed by atoms with E-state index in [-0.39, 0.29) is 11.2 Å². The Morgan fingerprint density at radius 3 is 2.64 bits per heavy atom. The van der Waals surface area contributed by atoms with Crippen molar-refractivity contribution in [3.8, 4) is 0 Å². The van der Waals surface area contributed by atoms with Gasteiger partial charge in [-0.1, -0.05) is 0 Å². The second-order valence-corrected chi connectivity index (χ2v) is 3.85. The van der Waals surface area contributed by atoms with E-state index < -0.39 is 5.91 Å². The van der Waals surface area contributed by atoms with E-state index in [9.17, 15) is 4.79 Å². The van der Waals surface area contributed by atoms with Gasteiger partial charge in [-0.3, -0.25) is 4.79 Å². The lowest BCUT2D eigenvalue weighted by Crippen LogP contribution is -2.19. The fourth-order valence-electron chi connectivity index (χ4n) is 1.15. The Balaban J connectivity index is 2.10. The van der Waals surface area contributed by atoms with E-state index in [0.29, 0.717) is 5.82 Å². The van der Waals surface area contributed by atoms with Crippen LogP contribution in [0.4, 0.5) is 5.82 Å². The van der Waals surface area contributed by atoms with Crippen molar-refractivity contribution in [2.75, 3.05) is 5.32 Å². The van der Waals surface area contributed by atoms with Crippen molar-refractivity contribution in [1.82, 2.24) is 10.2 Å². The Morgan fingerprint density at radius 2 is 2.21 bits per heavy atom. The number of primary amides is 1. The molecule has 14 heavy (non-hydrogen) atoms. The second-order valence-electron chi connectivity index (χ2n) is 3.85. The molecule has 1 aromatic heterocycles. The number of rotatable bonds is 3. The molecule has 1 aliphatic rings. The highest BCUT2D eigenvalue weighted by Crippen LogP contribution is 2.37. The summed E-state index contributed by atoms with van der Waals surface area (Å²) in [5.41, 5.74) is 5.40. The number of hydrogen-bond acceptors (Lipinski definition) is 4. The number of aromatic nitrogens is 2. The summed E-state index contributed by atoms with van der Waals surface area (Å²) in [6, 6.07) is 3.29. The molecule has 1 heterocycles. The number of carbonyl (C=O) groups excluding carboxylic acids is 1. The third kappa shape index (κ3) is 1.81. The fraction of sp³-hybridized carbons (Fsp3) is 0.444. The lowest BCUT2D eigenvalue weighted by atomic mass is 10.3. The minimum atomic E-state index is -0.554. The maximum Gasteiger partial charge on any atom is 0.269 e. The zero-order valence-corrected chi connectivity index (χ0v) is 7.95. The highest BCUT2D eigenvalue weighted by molar-refractivity contribution is 5.90. The standard InChI is InChI=1S/C9H12N4O/c1-9(4-5-9)11-7-3-2-6(8(10)14)12-13-7/h2-3H,4-5H2,1H3,(H2,10,14)(H,11,13). The minimum Gasteiger partial charge on any atom is -0.364 e. The molecule has 0 radical (unpaired) electrons. The highest BCUT2D eigenvalue weighted by Gasteiger charge is 2.37. The van der Waals surface area contributed by atoms with Gasteiger partial charge in [0, 0.05) is 5.54 Å². The van der Waals surface area contributed by atoms with Gasteiger partial charge < -0.3 is 11.1 Å². The third-order valence-corrected chi connectivity index (χ3v) is 2.35. The summed E-state index contributed by atoms with van der Waals surface area (Å²) in [6.07, 6.45) is 2.29. The number of nitrogens with zero attached hydrogens (tertiary/aromatic N) is 2. The first-order valence-electron chi connectivity index (χ1n) is 4.51. The van der Waals surface area contributed by atoms with E-state index in [1.165, 1.54) is 0 Å². The summed E-state index contributed by atoms with van der Waals surface area (Å²) in [6.45, 7) is 2.12. The number of amides is 1. The molecule has 0 aromatic carbocycles. The Labute approximate surface area is 81.7 Å². The van der Waals surface area contributed by atoms with Crippen molar-refractivity contribution in [2.24, 2.45) is 5.73 Å². The summed E-state index contributed by atoms with van der Waals surface area (Å²) in [7, 11) is 0. The van der Waals surface area contributed by atoms with Crippen LogP contribution in [-0.4, -0.2) is 21.6 Å². The molecule has 1 aromatic rings. The van der Waals surface area contributed by atoms with E-state index >= 15 is 0 Å². The van der Waals surface area contributed by atoms with Gasteiger partial charge in [0.2, 0.25) is 0 Å². The molecule has 1 amide bonds. The first-order chi connectivity index (χ1) is 6.59. The topological polar surface area (TPSA) is 80.9 Å². The molecule has 1 saturated carbocycles. The Hall–Kier alpha value is -1.65. The first-order valence-corrected chi connectivity index (χ1v) is 4.51. The summed E-state index contributed by atoms with van der Waals surface area (Å²) in [5.74, 6) is 0.136. The molecule has 0 spiro atoms. The molecule has 0 bridgehead atoms. The van der Waals surface area contributed by atoms with Gasteiger partial charge in [0.1, 0.15) is 5.82 Å². The molecule has 0 saturated heterocycles. The van der Waals surface area contributed by atoms with Gasteiger partial charge in [-0.05, 0) is 31.9 Å². The summed E-state index contributed by atoms with van der Waals surface area (Å²) < 4.78 is 0. The Kier molecular flexibility index (Phi) is 1.87. The van der Waals surface area contributed by atoms with Crippen LogP contribution in [0.5, 0.6) is 0 Å². The molecule has 0 atom stereocenters. The Bertz CT molecular complexity index is 356. The van der Waals surface area contributed by atoms with Crippen LogP contribution in [0.2, 0.25) is 0 Å². The number of anilines is 1. The maximum absolute atomic E-state index is 10.7. The molecule has 0 unspecified atom stereocenters. The third-order valence-electron chi connectivity index (χ3n) is 2.35. The predicted molar refractivity (Wildman–Crippen MR) is 51.8 cm³/mol. The lowest BCUT2D eigenvalue weighted by Gasteiger charge is -2.10. The maximum atomic E-state index is 10.7. The zero-order chi connectivity index (χ0) is 10.2. The van der Waals surface area contributed by atoms with Crippen molar-refractivity contribution in [3.63, 3.8) is 0 Å². The van der Waals surface area contributed by atoms with Crippen LogP contribution in [0.15, 0.2) is 12.1 Å². The lowest BCUT2D eigenvalue weighted by molar-refractivity contribution is 0.0994. The van der Waals surface area contributed by atoms with E-state index in [2.05, 4.69) is 22.4 Å². The summed E-state index contributed by atoms with van der Waals surface area (Å²) in [4.78, 5) is 10.7. The van der Waals surface area contributed by atoms with E-state index in [4.69, 9.17) is 5.73 Å². The zero-order valence-electron chi connectivity index (χ0n) is 7.95. The van der Waals surface area contributed by atoms with Crippen LogP contribution in [0, 0.1) is 0 Å². The van der Waals surface area contributed by atoms with E-state index in [1.807, 2.05) is 0 Å². The van der Waals surface area contributed by atoms with Gasteiger partial charge in [-0.15, -0.1) is 10.2 Å². The van der Waals surface area contributed by atoms with Gasteiger partial charge in [0.05, 0.1) is 0 Å². The molecule has 1 fully saturated rings. The smallest absolute Gasteiger partial charge is 0.269 e. The van der Waals surface area contributed by atoms with Crippen LogP contribution in [0.1, 0.15) is 30.3 Å². The first kappa shape index (κ1) is 8.93. The SMILES string of the molecule is CC1(Nc2ccc(C(N)=O)nn2)CC1. The molecule has 5 heteroatoms. The van der Waals surface area contributed by atoms with Crippen molar-refractivity contribution < 1.29 is 4.79 Å². The summed E-state index contributed by atoms with van der Waals surface area (Å²) >= 11 is 0. The summed E-state index contributed by atoms with van der Waals surface area (Å²) in [5, 5.41) is 10.8. The molecule has 1 aliphatic carbocycles. The predicted octanol–water partition coefficient (Wildman–Crippen LogP) is 0.540. The fourth-order valence-corrected chi connectivity index (χ4v) is 1.15. The van der Waals surface area contributed by atoms with Crippen LogP contribution < -0.4 is 11.1 Å². The van der Waals surface area contributed by atoms with Gasteiger partial charge in [0.15, 0.2) is 5.69 Å². The second kappa shape index (κ2) is 2.94. The monoisotopic (exact) mass is 192 g/mol. The normalized spacial score (nSPS) is 17.5. The van der Waals surface area contributed by atoms with E-state index in [1.54, 1.807) is 12.1 Å². The number of nitrogens with one attached hydrogen (secondary N) is 1. The molecular weight excluding hydrogens is 180 g/mol. The van der Waals surface area contributed by atoms with Gasteiger partial charge in [0.25, 0.3) is 5.91 Å². The van der Waals surface area contributed by atoms with E-state index in [0.717, 1.165) is 12.8 Å². The Morgan fingerprint density at radius 1 is 1.50 bits per heavy atom. The van der Waals surface area contributed by atoms with Crippen LogP contribution >= 0.6 is 0 Å². The van der Waals surface area contributed by atoms with Crippen LogP contribution in [0.25, 0.3) is 0 Å². The molecule has 5 nitrogen and oxygen atoms in total. The van der Waals surface area contributed by atoms with Gasteiger partial charge >= 0.3 is 0 Å². The molecular formula is C9H12N4O. The number of hydrogen-bond donors (Lipinski definition) is 2. The highest BCUT2D eigenvalue weighted by atomic mass is 16.1. The average Bonchev–Trinajstić information content (AvgIpc) is 2.84. The van der Waals surface area contributed by atoms with Crippen molar-refractivity contribution >= 4 is 11.7 Å². The van der Waals surface area contributed by atoms with Crippen molar-refractivity contribution in [1.29, 1.82) is 0 Å². The van der Waals surface area contributed by atoms with Crippen LogP contribution in [-0.2, 0) is 0 Å².